The van der Waals surface area contributed by atoms with Crippen molar-refractivity contribution in [3.05, 3.63) is 53.6 Å². The Morgan fingerprint density at radius 2 is 1.67 bits per heavy atom. The highest BCUT2D eigenvalue weighted by atomic mass is 16.5. The van der Waals surface area contributed by atoms with Gasteiger partial charge in [0.05, 0.1) is 13.7 Å². The molecule has 1 saturated heterocycles. The number of ether oxygens (including phenoxy) is 2. The minimum absolute atomic E-state index is 0.0342. The third-order valence-corrected chi connectivity index (χ3v) is 5.39. The summed E-state index contributed by atoms with van der Waals surface area (Å²) in [5, 5.41) is 2.99. The Morgan fingerprint density at radius 1 is 0.967 bits per heavy atom. The van der Waals surface area contributed by atoms with Gasteiger partial charge in [-0.2, -0.15) is 0 Å². The Morgan fingerprint density at radius 3 is 2.37 bits per heavy atom. The zero-order chi connectivity index (χ0) is 21.5. The fourth-order valence-corrected chi connectivity index (χ4v) is 3.40. The third-order valence-electron chi connectivity index (χ3n) is 5.39. The zero-order valence-corrected chi connectivity index (χ0v) is 17.8. The smallest absolute Gasteiger partial charge is 0.260 e. The summed E-state index contributed by atoms with van der Waals surface area (Å²) >= 11 is 0. The van der Waals surface area contributed by atoms with Crippen molar-refractivity contribution in [2.45, 2.75) is 13.8 Å². The number of nitrogens with one attached hydrogen (secondary N) is 1. The molecule has 30 heavy (non-hydrogen) atoms. The molecule has 1 aliphatic rings. The Labute approximate surface area is 177 Å². The second kappa shape index (κ2) is 10.1. The molecule has 7 heteroatoms. The molecule has 1 heterocycles. The van der Waals surface area contributed by atoms with Crippen molar-refractivity contribution in [3.8, 4) is 11.5 Å². The fraction of sp³-hybridized carbons (Fsp3) is 0.391. The highest BCUT2D eigenvalue weighted by Crippen LogP contribution is 2.25. The summed E-state index contributed by atoms with van der Waals surface area (Å²) < 4.78 is 10.9. The first-order valence-electron chi connectivity index (χ1n) is 10.1. The molecular formula is C23H29N3O4. The van der Waals surface area contributed by atoms with Crippen molar-refractivity contribution in [1.82, 2.24) is 9.80 Å². The molecule has 160 valence electrons. The van der Waals surface area contributed by atoms with Crippen LogP contribution in [0.4, 0.5) is 5.69 Å². The molecule has 0 radical (unpaired) electrons. The standard InChI is InChI=1S/C23H29N3O4/c1-17-7-6-8-19(18(17)2)24-22(27)15-25-11-13-26(14-12-25)23(28)16-30-21-10-5-4-9-20(21)29-3/h4-10H,11-16H2,1-3H3,(H,24,27). The number of amides is 2. The molecule has 0 atom stereocenters. The van der Waals surface area contributed by atoms with E-state index in [1.54, 1.807) is 24.1 Å². The summed E-state index contributed by atoms with van der Waals surface area (Å²) in [6, 6.07) is 13.1. The van der Waals surface area contributed by atoms with Crippen LogP contribution in [0.3, 0.4) is 0 Å². The van der Waals surface area contributed by atoms with Crippen LogP contribution in [0.2, 0.25) is 0 Å². The minimum Gasteiger partial charge on any atom is -0.493 e. The summed E-state index contributed by atoms with van der Waals surface area (Å²) in [7, 11) is 1.57. The molecular weight excluding hydrogens is 382 g/mol. The van der Waals surface area contributed by atoms with E-state index < -0.39 is 0 Å². The highest BCUT2D eigenvalue weighted by Gasteiger charge is 2.23. The molecule has 0 unspecified atom stereocenters. The summed E-state index contributed by atoms with van der Waals surface area (Å²) in [5.41, 5.74) is 3.08. The minimum atomic E-state index is -0.0691. The fourth-order valence-electron chi connectivity index (χ4n) is 3.40. The van der Waals surface area contributed by atoms with Gasteiger partial charge in [-0.15, -0.1) is 0 Å². The zero-order valence-electron chi connectivity index (χ0n) is 17.8. The predicted octanol–water partition coefficient (Wildman–Crippen LogP) is 2.47. The molecule has 0 aromatic heterocycles. The van der Waals surface area contributed by atoms with Gasteiger partial charge in [-0.25, -0.2) is 0 Å². The van der Waals surface area contributed by atoms with E-state index in [-0.39, 0.29) is 18.4 Å². The summed E-state index contributed by atoms with van der Waals surface area (Å²) in [6.45, 7) is 6.76. The molecule has 0 saturated carbocycles. The van der Waals surface area contributed by atoms with Gasteiger partial charge in [-0.05, 0) is 43.2 Å². The maximum Gasteiger partial charge on any atom is 0.260 e. The van der Waals surface area contributed by atoms with Gasteiger partial charge in [0.1, 0.15) is 0 Å². The quantitative estimate of drug-likeness (QED) is 0.758. The Bertz CT molecular complexity index is 892. The SMILES string of the molecule is COc1ccccc1OCC(=O)N1CCN(CC(=O)Nc2cccc(C)c2C)CC1. The topological polar surface area (TPSA) is 71.1 Å². The van der Waals surface area contributed by atoms with E-state index >= 15 is 0 Å². The number of carbonyl (C=O) groups is 2. The molecule has 0 bridgehead atoms. The van der Waals surface area contributed by atoms with Gasteiger partial charge in [0, 0.05) is 31.9 Å². The number of anilines is 1. The Balaban J connectivity index is 1.43. The first-order chi connectivity index (χ1) is 14.5. The summed E-state index contributed by atoms with van der Waals surface area (Å²) in [4.78, 5) is 28.7. The van der Waals surface area contributed by atoms with Crippen LogP contribution in [0, 0.1) is 13.8 Å². The van der Waals surface area contributed by atoms with Crippen LogP contribution in [-0.4, -0.2) is 68.1 Å². The number of hydrogen-bond donors (Lipinski definition) is 1. The van der Waals surface area contributed by atoms with E-state index in [0.29, 0.717) is 44.2 Å². The number of aryl methyl sites for hydroxylation is 1. The van der Waals surface area contributed by atoms with Crippen LogP contribution >= 0.6 is 0 Å². The van der Waals surface area contributed by atoms with Crippen molar-refractivity contribution in [1.29, 1.82) is 0 Å². The number of hydrogen-bond acceptors (Lipinski definition) is 5. The van der Waals surface area contributed by atoms with E-state index in [4.69, 9.17) is 9.47 Å². The van der Waals surface area contributed by atoms with Crippen LogP contribution < -0.4 is 14.8 Å². The van der Waals surface area contributed by atoms with Crippen LogP contribution in [0.15, 0.2) is 42.5 Å². The maximum atomic E-state index is 12.5. The third kappa shape index (κ3) is 5.51. The number of benzene rings is 2. The second-order valence-corrected chi connectivity index (χ2v) is 7.39. The normalized spacial score (nSPS) is 14.3. The monoisotopic (exact) mass is 411 g/mol. The number of nitrogens with zero attached hydrogens (tertiary/aromatic N) is 2. The number of carbonyl (C=O) groups excluding carboxylic acids is 2. The van der Waals surface area contributed by atoms with E-state index in [1.165, 1.54) is 0 Å². The molecule has 2 aromatic carbocycles. The molecule has 0 aliphatic carbocycles. The van der Waals surface area contributed by atoms with Crippen LogP contribution in [0.5, 0.6) is 11.5 Å². The van der Waals surface area contributed by atoms with Gasteiger partial charge < -0.3 is 19.7 Å². The molecule has 2 amide bonds. The van der Waals surface area contributed by atoms with Crippen molar-refractivity contribution in [3.63, 3.8) is 0 Å². The van der Waals surface area contributed by atoms with Gasteiger partial charge in [0.25, 0.3) is 5.91 Å². The van der Waals surface area contributed by atoms with Crippen molar-refractivity contribution in [2.75, 3.05) is 51.8 Å². The van der Waals surface area contributed by atoms with Gasteiger partial charge in [0.2, 0.25) is 5.91 Å². The predicted molar refractivity (Wildman–Crippen MR) is 116 cm³/mol. The van der Waals surface area contributed by atoms with Gasteiger partial charge in [-0.3, -0.25) is 14.5 Å². The first kappa shape index (κ1) is 21.6. The van der Waals surface area contributed by atoms with E-state index in [1.807, 2.05) is 44.2 Å². The van der Waals surface area contributed by atoms with Crippen LogP contribution in [0.1, 0.15) is 11.1 Å². The Hall–Kier alpha value is -3.06. The molecule has 2 aromatic rings. The van der Waals surface area contributed by atoms with Gasteiger partial charge >= 0.3 is 0 Å². The van der Waals surface area contributed by atoms with Gasteiger partial charge in [-0.1, -0.05) is 24.3 Å². The average molecular weight is 412 g/mol. The molecule has 3 rings (SSSR count). The van der Waals surface area contributed by atoms with Gasteiger partial charge in [0.15, 0.2) is 18.1 Å². The largest absolute Gasteiger partial charge is 0.493 e. The average Bonchev–Trinajstić information content (AvgIpc) is 2.76. The lowest BCUT2D eigenvalue weighted by Gasteiger charge is -2.34. The molecule has 1 N–H and O–H groups in total. The molecule has 7 nitrogen and oxygen atoms in total. The highest BCUT2D eigenvalue weighted by molar-refractivity contribution is 5.93. The van der Waals surface area contributed by atoms with E-state index in [9.17, 15) is 9.59 Å². The number of methoxy groups -OCH3 is 1. The lowest BCUT2D eigenvalue weighted by Crippen LogP contribution is -2.51. The molecule has 0 spiro atoms. The van der Waals surface area contributed by atoms with Crippen LogP contribution in [0.25, 0.3) is 0 Å². The first-order valence-corrected chi connectivity index (χ1v) is 10.1. The summed E-state index contributed by atoms with van der Waals surface area (Å²) in [6.07, 6.45) is 0. The Kier molecular flexibility index (Phi) is 7.30. The molecule has 1 aliphatic heterocycles. The number of piperazine rings is 1. The maximum absolute atomic E-state index is 12.5. The van der Waals surface area contributed by atoms with Crippen molar-refractivity contribution < 1.29 is 19.1 Å². The number of rotatable bonds is 7. The number of para-hydroxylation sites is 2. The van der Waals surface area contributed by atoms with E-state index in [2.05, 4.69) is 10.2 Å². The molecule has 1 fully saturated rings. The second-order valence-electron chi connectivity index (χ2n) is 7.39. The summed E-state index contributed by atoms with van der Waals surface area (Å²) in [5.74, 6) is 1.04. The van der Waals surface area contributed by atoms with Crippen molar-refractivity contribution in [2.24, 2.45) is 0 Å². The lowest BCUT2D eigenvalue weighted by atomic mass is 10.1. The van der Waals surface area contributed by atoms with Crippen molar-refractivity contribution >= 4 is 17.5 Å². The van der Waals surface area contributed by atoms with Crippen LogP contribution in [-0.2, 0) is 9.59 Å². The lowest BCUT2D eigenvalue weighted by molar-refractivity contribution is -0.135. The van der Waals surface area contributed by atoms with E-state index in [0.717, 1.165) is 16.8 Å².